The predicted molar refractivity (Wildman–Crippen MR) is 86.3 cm³/mol. The topological polar surface area (TPSA) is 72.3 Å². The smallest absolute Gasteiger partial charge is 0.321 e. The molecule has 7 nitrogen and oxygen atoms in total. The molecule has 0 unspecified atom stereocenters. The van der Waals surface area contributed by atoms with Crippen LogP contribution in [0.15, 0.2) is 30.6 Å². The summed E-state index contributed by atoms with van der Waals surface area (Å²) in [6, 6.07) is 4.10. The van der Waals surface area contributed by atoms with E-state index < -0.39 is 5.82 Å². The molecule has 1 aromatic carbocycles. The van der Waals surface area contributed by atoms with Gasteiger partial charge in [-0.15, -0.1) is 5.10 Å². The number of anilines is 1. The number of amides is 2. The molecule has 0 aliphatic carbocycles. The van der Waals surface area contributed by atoms with E-state index in [2.05, 4.69) is 15.6 Å². The van der Waals surface area contributed by atoms with Crippen LogP contribution in [-0.2, 0) is 6.54 Å². The molecular formula is C16H20FN5O2. The summed E-state index contributed by atoms with van der Waals surface area (Å²) in [7, 11) is 1.39. The number of piperidine rings is 1. The van der Waals surface area contributed by atoms with Gasteiger partial charge in [-0.2, -0.15) is 0 Å². The second-order valence-electron chi connectivity index (χ2n) is 5.83. The van der Waals surface area contributed by atoms with Crippen LogP contribution in [0.5, 0.6) is 5.75 Å². The Bertz CT molecular complexity index is 684. The van der Waals surface area contributed by atoms with Gasteiger partial charge in [-0.05, 0) is 30.9 Å². The number of ether oxygens (including phenoxy) is 1. The normalized spacial score (nSPS) is 15.3. The third-order valence-electron chi connectivity index (χ3n) is 4.22. The maximum atomic E-state index is 13.4. The zero-order valence-corrected chi connectivity index (χ0v) is 13.5. The SMILES string of the molecule is COc1cc(NC(=O)N2CCC(Cn3ccnn3)CC2)ccc1F. The van der Waals surface area contributed by atoms with Gasteiger partial charge >= 0.3 is 6.03 Å². The van der Waals surface area contributed by atoms with E-state index in [4.69, 9.17) is 4.74 Å². The first kappa shape index (κ1) is 16.2. The first-order valence-electron chi connectivity index (χ1n) is 7.89. The highest BCUT2D eigenvalue weighted by atomic mass is 19.1. The minimum absolute atomic E-state index is 0.111. The molecule has 0 spiro atoms. The number of likely N-dealkylation sites (tertiary alicyclic amines) is 1. The van der Waals surface area contributed by atoms with E-state index in [1.54, 1.807) is 11.1 Å². The van der Waals surface area contributed by atoms with Gasteiger partial charge in [0, 0.05) is 37.6 Å². The van der Waals surface area contributed by atoms with Crippen molar-refractivity contribution in [3.63, 3.8) is 0 Å². The van der Waals surface area contributed by atoms with Crippen LogP contribution in [0, 0.1) is 11.7 Å². The van der Waals surface area contributed by atoms with Gasteiger partial charge in [0.1, 0.15) is 0 Å². The van der Waals surface area contributed by atoms with Crippen molar-refractivity contribution >= 4 is 11.7 Å². The minimum Gasteiger partial charge on any atom is -0.494 e. The van der Waals surface area contributed by atoms with E-state index in [0.29, 0.717) is 24.7 Å². The van der Waals surface area contributed by atoms with E-state index in [-0.39, 0.29) is 11.8 Å². The lowest BCUT2D eigenvalue weighted by Crippen LogP contribution is -2.41. The number of halogens is 1. The van der Waals surface area contributed by atoms with Crippen LogP contribution in [0.3, 0.4) is 0 Å². The third kappa shape index (κ3) is 3.81. The highest BCUT2D eigenvalue weighted by molar-refractivity contribution is 5.89. The van der Waals surface area contributed by atoms with Gasteiger partial charge in [0.25, 0.3) is 0 Å². The quantitative estimate of drug-likeness (QED) is 0.932. The number of nitrogens with one attached hydrogen (secondary N) is 1. The summed E-state index contributed by atoms with van der Waals surface area (Å²) in [6.45, 7) is 2.19. The first-order valence-corrected chi connectivity index (χ1v) is 7.89. The van der Waals surface area contributed by atoms with E-state index in [9.17, 15) is 9.18 Å². The average Bonchev–Trinajstić information content (AvgIpc) is 3.10. The Kier molecular flexibility index (Phi) is 4.93. The lowest BCUT2D eigenvalue weighted by molar-refractivity contribution is 0.175. The molecule has 3 rings (SSSR count). The average molecular weight is 333 g/mol. The molecule has 24 heavy (non-hydrogen) atoms. The fourth-order valence-electron chi connectivity index (χ4n) is 2.85. The monoisotopic (exact) mass is 333 g/mol. The molecule has 1 aliphatic rings. The van der Waals surface area contributed by atoms with Gasteiger partial charge in [0.05, 0.1) is 13.3 Å². The Labute approximate surface area is 139 Å². The number of hydrogen-bond donors (Lipinski definition) is 1. The van der Waals surface area contributed by atoms with Crippen LogP contribution in [0.2, 0.25) is 0 Å². The summed E-state index contributed by atoms with van der Waals surface area (Å²) in [5, 5.41) is 10.6. The van der Waals surface area contributed by atoms with Crippen LogP contribution in [0.25, 0.3) is 0 Å². The van der Waals surface area contributed by atoms with E-state index in [1.807, 2.05) is 10.9 Å². The van der Waals surface area contributed by atoms with Crippen molar-refractivity contribution in [2.45, 2.75) is 19.4 Å². The second-order valence-corrected chi connectivity index (χ2v) is 5.83. The molecule has 1 fully saturated rings. The molecule has 128 valence electrons. The Morgan fingerprint density at radius 3 is 2.88 bits per heavy atom. The van der Waals surface area contributed by atoms with Crippen molar-refractivity contribution in [2.24, 2.45) is 5.92 Å². The lowest BCUT2D eigenvalue weighted by Gasteiger charge is -2.31. The number of hydrogen-bond acceptors (Lipinski definition) is 4. The summed E-state index contributed by atoms with van der Waals surface area (Å²) in [5.41, 5.74) is 0.517. The number of benzene rings is 1. The van der Waals surface area contributed by atoms with Crippen LogP contribution in [-0.4, -0.2) is 46.1 Å². The molecule has 0 atom stereocenters. The van der Waals surface area contributed by atoms with Gasteiger partial charge in [-0.1, -0.05) is 5.21 Å². The summed E-state index contributed by atoms with van der Waals surface area (Å²) < 4.78 is 20.1. The van der Waals surface area contributed by atoms with Gasteiger partial charge in [-0.3, -0.25) is 4.68 Å². The van der Waals surface area contributed by atoms with Crippen molar-refractivity contribution < 1.29 is 13.9 Å². The molecular weight excluding hydrogens is 313 g/mol. The van der Waals surface area contributed by atoms with Crippen molar-refractivity contribution in [1.82, 2.24) is 19.9 Å². The maximum absolute atomic E-state index is 13.4. The van der Waals surface area contributed by atoms with Crippen LogP contribution >= 0.6 is 0 Å². The molecule has 1 aromatic heterocycles. The molecule has 0 radical (unpaired) electrons. The van der Waals surface area contributed by atoms with Crippen molar-refractivity contribution in [2.75, 3.05) is 25.5 Å². The number of carbonyl (C=O) groups is 1. The number of aromatic nitrogens is 3. The number of nitrogens with zero attached hydrogens (tertiary/aromatic N) is 4. The molecule has 8 heteroatoms. The number of urea groups is 1. The Morgan fingerprint density at radius 1 is 1.42 bits per heavy atom. The molecule has 2 amide bonds. The molecule has 1 N–H and O–H groups in total. The molecule has 2 heterocycles. The molecule has 0 saturated carbocycles. The van der Waals surface area contributed by atoms with Crippen LogP contribution in [0.4, 0.5) is 14.9 Å². The molecule has 1 saturated heterocycles. The van der Waals surface area contributed by atoms with Crippen molar-refractivity contribution in [3.05, 3.63) is 36.4 Å². The van der Waals surface area contributed by atoms with Crippen LogP contribution < -0.4 is 10.1 Å². The van der Waals surface area contributed by atoms with Crippen LogP contribution in [0.1, 0.15) is 12.8 Å². The summed E-state index contributed by atoms with van der Waals surface area (Å²) in [6.07, 6.45) is 5.35. The third-order valence-corrected chi connectivity index (χ3v) is 4.22. The molecule has 0 bridgehead atoms. The Balaban J connectivity index is 1.51. The van der Waals surface area contributed by atoms with Crippen molar-refractivity contribution in [1.29, 1.82) is 0 Å². The van der Waals surface area contributed by atoms with Crippen molar-refractivity contribution in [3.8, 4) is 5.75 Å². The second kappa shape index (κ2) is 7.29. The summed E-state index contributed by atoms with van der Waals surface area (Å²) >= 11 is 0. The lowest BCUT2D eigenvalue weighted by atomic mass is 9.97. The van der Waals surface area contributed by atoms with E-state index in [0.717, 1.165) is 19.4 Å². The zero-order valence-electron chi connectivity index (χ0n) is 13.5. The van der Waals surface area contributed by atoms with E-state index >= 15 is 0 Å². The van der Waals surface area contributed by atoms with Gasteiger partial charge in [0.15, 0.2) is 11.6 Å². The first-order chi connectivity index (χ1) is 11.7. The number of methoxy groups -OCH3 is 1. The fraction of sp³-hybridized carbons (Fsp3) is 0.438. The van der Waals surface area contributed by atoms with Gasteiger partial charge < -0.3 is 15.0 Å². The maximum Gasteiger partial charge on any atom is 0.321 e. The number of rotatable bonds is 4. The standard InChI is InChI=1S/C16H20FN5O2/c1-24-15-10-13(2-3-14(15)17)19-16(23)21-7-4-12(5-8-21)11-22-9-6-18-20-22/h2-3,6,9-10,12H,4-5,7-8,11H2,1H3,(H,19,23). The predicted octanol–water partition coefficient (Wildman–Crippen LogP) is 2.37. The minimum atomic E-state index is -0.454. The van der Waals surface area contributed by atoms with Gasteiger partial charge in [0.2, 0.25) is 0 Å². The Hall–Kier alpha value is -2.64. The highest BCUT2D eigenvalue weighted by Crippen LogP contribution is 2.23. The van der Waals surface area contributed by atoms with Gasteiger partial charge in [-0.25, -0.2) is 9.18 Å². The number of carbonyl (C=O) groups excluding carboxylic acids is 1. The summed E-state index contributed by atoms with van der Waals surface area (Å²) in [4.78, 5) is 14.1. The largest absolute Gasteiger partial charge is 0.494 e. The van der Waals surface area contributed by atoms with E-state index in [1.165, 1.54) is 25.3 Å². The fourth-order valence-corrected chi connectivity index (χ4v) is 2.85. The summed E-state index contributed by atoms with van der Waals surface area (Å²) in [5.74, 6) is 0.144. The molecule has 1 aliphatic heterocycles. The Morgan fingerprint density at radius 2 is 2.21 bits per heavy atom. The zero-order chi connectivity index (χ0) is 16.9. The highest BCUT2D eigenvalue weighted by Gasteiger charge is 2.23. The molecule has 2 aromatic rings.